The molecule has 1 N–H and O–H groups in total. The van der Waals surface area contributed by atoms with Crippen LogP contribution < -0.4 is 5.32 Å². The van der Waals surface area contributed by atoms with Gasteiger partial charge in [-0.3, -0.25) is 0 Å². The standard InChI is InChI=1S/C13H11BrCl2FNS/c1-2-18-12(10-6-7(14)13(16)19-10)11-8(15)4-3-5-9(11)17/h3-6,12,18H,2H2,1H3. The van der Waals surface area contributed by atoms with Gasteiger partial charge >= 0.3 is 0 Å². The van der Waals surface area contributed by atoms with Crippen molar-refractivity contribution in [2.24, 2.45) is 0 Å². The summed E-state index contributed by atoms with van der Waals surface area (Å²) in [6, 6.07) is 6.29. The highest BCUT2D eigenvalue weighted by Gasteiger charge is 2.22. The van der Waals surface area contributed by atoms with Gasteiger partial charge in [0.2, 0.25) is 0 Å². The first kappa shape index (κ1) is 15.3. The maximum Gasteiger partial charge on any atom is 0.129 e. The summed E-state index contributed by atoms with van der Waals surface area (Å²) in [5.74, 6) is -0.320. The predicted molar refractivity (Wildman–Crippen MR) is 84.0 cm³/mol. The summed E-state index contributed by atoms with van der Waals surface area (Å²) in [7, 11) is 0. The molecule has 1 unspecified atom stereocenters. The maximum absolute atomic E-state index is 14.1. The lowest BCUT2D eigenvalue weighted by Gasteiger charge is -2.18. The van der Waals surface area contributed by atoms with Gasteiger partial charge in [0.1, 0.15) is 10.2 Å². The van der Waals surface area contributed by atoms with Crippen molar-refractivity contribution in [1.29, 1.82) is 0 Å². The summed E-state index contributed by atoms with van der Waals surface area (Å²) in [6.45, 7) is 2.66. The summed E-state index contributed by atoms with van der Waals surface area (Å²) < 4.78 is 15.5. The minimum atomic E-state index is -0.320. The minimum Gasteiger partial charge on any atom is -0.306 e. The molecule has 1 heterocycles. The average molecular weight is 383 g/mol. The lowest BCUT2D eigenvalue weighted by molar-refractivity contribution is 0.563. The molecule has 0 spiro atoms. The van der Waals surface area contributed by atoms with Gasteiger partial charge in [0.15, 0.2) is 0 Å². The lowest BCUT2D eigenvalue weighted by atomic mass is 10.0. The molecule has 0 saturated heterocycles. The number of hydrogen-bond acceptors (Lipinski definition) is 2. The van der Waals surface area contributed by atoms with Crippen molar-refractivity contribution >= 4 is 50.5 Å². The summed E-state index contributed by atoms with van der Waals surface area (Å²) in [6.07, 6.45) is 0. The number of rotatable bonds is 4. The molecule has 19 heavy (non-hydrogen) atoms. The predicted octanol–water partition coefficient (Wildman–Crippen LogP) is 5.66. The summed E-state index contributed by atoms with van der Waals surface area (Å²) in [5, 5.41) is 3.65. The van der Waals surface area contributed by atoms with E-state index in [0.29, 0.717) is 21.5 Å². The van der Waals surface area contributed by atoms with Crippen molar-refractivity contribution < 1.29 is 4.39 Å². The van der Waals surface area contributed by atoms with Gasteiger partial charge < -0.3 is 5.32 Å². The van der Waals surface area contributed by atoms with Gasteiger partial charge in [-0.2, -0.15) is 0 Å². The zero-order chi connectivity index (χ0) is 14.0. The van der Waals surface area contributed by atoms with E-state index in [1.165, 1.54) is 17.4 Å². The zero-order valence-corrected chi connectivity index (χ0v) is 13.9. The Kier molecular flexibility index (Phi) is 5.26. The van der Waals surface area contributed by atoms with Crippen LogP contribution >= 0.6 is 50.5 Å². The van der Waals surface area contributed by atoms with Gasteiger partial charge in [0.25, 0.3) is 0 Å². The zero-order valence-electron chi connectivity index (χ0n) is 10.0. The van der Waals surface area contributed by atoms with E-state index in [1.54, 1.807) is 12.1 Å². The van der Waals surface area contributed by atoms with Crippen LogP contribution in [-0.2, 0) is 0 Å². The molecule has 1 atom stereocenters. The third-order valence-corrected chi connectivity index (χ3v) is 5.51. The van der Waals surface area contributed by atoms with Crippen LogP contribution in [0.15, 0.2) is 28.7 Å². The van der Waals surface area contributed by atoms with Gasteiger partial charge in [-0.1, -0.05) is 36.2 Å². The molecule has 2 aromatic rings. The second kappa shape index (κ2) is 6.55. The third kappa shape index (κ3) is 3.31. The van der Waals surface area contributed by atoms with Gasteiger partial charge in [0.05, 0.1) is 6.04 Å². The highest BCUT2D eigenvalue weighted by atomic mass is 79.9. The van der Waals surface area contributed by atoms with E-state index in [-0.39, 0.29) is 11.9 Å². The van der Waals surface area contributed by atoms with Crippen molar-refractivity contribution in [3.8, 4) is 0 Å². The molecule has 1 nitrogen and oxygen atoms in total. The van der Waals surface area contributed by atoms with E-state index in [0.717, 1.165) is 9.35 Å². The molecule has 0 aliphatic rings. The number of benzene rings is 1. The molecule has 0 aliphatic heterocycles. The topological polar surface area (TPSA) is 12.0 Å². The van der Waals surface area contributed by atoms with E-state index in [9.17, 15) is 4.39 Å². The number of thiophene rings is 1. The Balaban J connectivity index is 2.51. The smallest absolute Gasteiger partial charge is 0.129 e. The fraction of sp³-hybridized carbons (Fsp3) is 0.231. The van der Waals surface area contributed by atoms with E-state index in [2.05, 4.69) is 21.2 Å². The van der Waals surface area contributed by atoms with Crippen LogP contribution in [0.3, 0.4) is 0 Å². The quantitative estimate of drug-likeness (QED) is 0.719. The van der Waals surface area contributed by atoms with Crippen LogP contribution in [0.5, 0.6) is 0 Å². The molecule has 2 rings (SSSR count). The summed E-state index contributed by atoms with van der Waals surface area (Å²) >= 11 is 17.0. The van der Waals surface area contributed by atoms with Gasteiger partial charge in [-0.05, 0) is 40.7 Å². The van der Waals surface area contributed by atoms with E-state index >= 15 is 0 Å². The van der Waals surface area contributed by atoms with E-state index in [4.69, 9.17) is 23.2 Å². The van der Waals surface area contributed by atoms with E-state index < -0.39 is 0 Å². The van der Waals surface area contributed by atoms with Crippen molar-refractivity contribution in [3.05, 3.63) is 54.4 Å². The van der Waals surface area contributed by atoms with Crippen molar-refractivity contribution in [2.45, 2.75) is 13.0 Å². The normalized spacial score (nSPS) is 12.7. The van der Waals surface area contributed by atoms with Crippen molar-refractivity contribution in [3.63, 3.8) is 0 Å². The monoisotopic (exact) mass is 381 g/mol. The lowest BCUT2D eigenvalue weighted by Crippen LogP contribution is -2.22. The summed E-state index contributed by atoms with van der Waals surface area (Å²) in [4.78, 5) is 0.922. The highest BCUT2D eigenvalue weighted by Crippen LogP contribution is 2.39. The second-order valence-corrected chi connectivity index (χ2v) is 6.84. The van der Waals surface area contributed by atoms with Crippen molar-refractivity contribution in [1.82, 2.24) is 5.32 Å². The fourth-order valence-electron chi connectivity index (χ4n) is 1.84. The molecule has 6 heteroatoms. The van der Waals surface area contributed by atoms with E-state index in [1.807, 2.05) is 13.0 Å². The first-order chi connectivity index (χ1) is 9.04. The van der Waals surface area contributed by atoms with Crippen LogP contribution in [0.1, 0.15) is 23.4 Å². The van der Waals surface area contributed by atoms with Crippen LogP contribution in [-0.4, -0.2) is 6.54 Å². The molecule has 0 saturated carbocycles. The second-order valence-electron chi connectivity index (χ2n) is 3.90. The third-order valence-electron chi connectivity index (χ3n) is 2.65. The SMILES string of the molecule is CCNC(c1cc(Br)c(Cl)s1)c1c(F)cccc1Cl. The van der Waals surface area contributed by atoms with Gasteiger partial charge in [0, 0.05) is 19.9 Å². The Hall–Kier alpha value is -0.130. The van der Waals surface area contributed by atoms with Crippen LogP contribution in [0, 0.1) is 5.82 Å². The molecule has 0 radical (unpaired) electrons. The minimum absolute atomic E-state index is 0.299. The molecule has 0 bridgehead atoms. The Morgan fingerprint density at radius 3 is 2.68 bits per heavy atom. The average Bonchev–Trinajstić information content (AvgIpc) is 2.68. The summed E-state index contributed by atoms with van der Waals surface area (Å²) in [5.41, 5.74) is 0.455. The number of halogens is 4. The fourth-order valence-corrected chi connectivity index (χ4v) is 3.94. The Bertz CT molecular complexity index is 548. The molecule has 0 aliphatic carbocycles. The largest absolute Gasteiger partial charge is 0.306 e. The molecule has 102 valence electrons. The Morgan fingerprint density at radius 2 is 2.16 bits per heavy atom. The molecule has 1 aromatic heterocycles. The van der Waals surface area contributed by atoms with Crippen LogP contribution in [0.4, 0.5) is 4.39 Å². The Morgan fingerprint density at radius 1 is 1.42 bits per heavy atom. The molecule has 0 amide bonds. The molecular weight excluding hydrogens is 372 g/mol. The number of hydrogen-bond donors (Lipinski definition) is 1. The van der Waals surface area contributed by atoms with Crippen molar-refractivity contribution in [2.75, 3.05) is 6.54 Å². The van der Waals surface area contributed by atoms with Gasteiger partial charge in [-0.15, -0.1) is 11.3 Å². The Labute approximate surface area is 133 Å². The molecular formula is C13H11BrCl2FNS. The van der Waals surface area contributed by atoms with Gasteiger partial charge in [-0.25, -0.2) is 4.39 Å². The first-order valence-corrected chi connectivity index (χ1v) is 8.03. The van der Waals surface area contributed by atoms with Crippen LogP contribution in [0.2, 0.25) is 9.36 Å². The highest BCUT2D eigenvalue weighted by molar-refractivity contribution is 9.10. The molecule has 1 aromatic carbocycles. The number of nitrogens with one attached hydrogen (secondary N) is 1. The molecule has 0 fully saturated rings. The van der Waals surface area contributed by atoms with Crippen LogP contribution in [0.25, 0.3) is 0 Å². The first-order valence-electron chi connectivity index (χ1n) is 5.66. The maximum atomic E-state index is 14.1.